The number of esters is 1. The molecule has 0 spiro atoms. The smallest absolute Gasteiger partial charge is 0.331 e. The Morgan fingerprint density at radius 2 is 1.89 bits per heavy atom. The first-order chi connectivity index (χ1) is 12.8. The molecule has 2 aromatic rings. The highest BCUT2D eigenvalue weighted by Crippen LogP contribution is 2.25. The minimum Gasteiger partial charge on any atom is -0.495 e. The van der Waals surface area contributed by atoms with Crippen LogP contribution in [0.3, 0.4) is 0 Å². The summed E-state index contributed by atoms with van der Waals surface area (Å²) in [6, 6.07) is 10.6. The molecule has 0 bridgehead atoms. The number of sulfonamides is 1. The van der Waals surface area contributed by atoms with Crippen LogP contribution in [0.5, 0.6) is 5.75 Å². The molecule has 2 rings (SSSR count). The second kappa shape index (κ2) is 8.83. The van der Waals surface area contributed by atoms with E-state index >= 15 is 0 Å². The topological polar surface area (TPSA) is 81.7 Å². The highest BCUT2D eigenvalue weighted by Gasteiger charge is 2.17. The van der Waals surface area contributed by atoms with Crippen molar-refractivity contribution in [2.75, 3.05) is 14.2 Å². The van der Waals surface area contributed by atoms with Crippen molar-refractivity contribution in [3.63, 3.8) is 0 Å². The molecule has 0 radical (unpaired) electrons. The number of nitrogens with one attached hydrogen (secondary N) is 1. The summed E-state index contributed by atoms with van der Waals surface area (Å²) < 4.78 is 36.8. The molecule has 0 heterocycles. The predicted molar refractivity (Wildman–Crippen MR) is 104 cm³/mol. The van der Waals surface area contributed by atoms with Crippen molar-refractivity contribution in [1.82, 2.24) is 4.72 Å². The first-order valence-electron chi connectivity index (χ1n) is 8.29. The molecule has 0 aliphatic carbocycles. The number of ether oxygens (including phenoxy) is 2. The number of rotatable bonds is 7. The Morgan fingerprint density at radius 3 is 2.56 bits per heavy atom. The molecule has 27 heavy (non-hydrogen) atoms. The zero-order valence-corrected chi connectivity index (χ0v) is 16.6. The van der Waals surface area contributed by atoms with Gasteiger partial charge >= 0.3 is 5.97 Å². The third kappa shape index (κ3) is 5.42. The van der Waals surface area contributed by atoms with Gasteiger partial charge in [0.25, 0.3) is 0 Å². The standard InChI is InChI=1S/C20H23NO5S/c1-14-5-6-15(2)17(11-14)13-26-20(22)10-8-16-7-9-18(25-4)19(12-16)27(23,24)21-3/h5-12,21H,13H2,1-4H3/b10-8+. The lowest BCUT2D eigenvalue weighted by molar-refractivity contribution is -0.138. The Kier molecular flexibility index (Phi) is 6.76. The van der Waals surface area contributed by atoms with E-state index in [1.54, 1.807) is 6.07 Å². The molecule has 0 amide bonds. The van der Waals surface area contributed by atoms with Gasteiger partial charge < -0.3 is 9.47 Å². The molecule has 144 valence electrons. The maximum atomic E-state index is 12.1. The van der Waals surface area contributed by atoms with Crippen LogP contribution in [-0.4, -0.2) is 28.5 Å². The lowest BCUT2D eigenvalue weighted by Gasteiger charge is -2.09. The molecule has 0 atom stereocenters. The number of hydrogen-bond acceptors (Lipinski definition) is 5. The first kappa shape index (κ1) is 20.7. The molecule has 0 unspecified atom stereocenters. The average Bonchev–Trinajstić information content (AvgIpc) is 2.66. The van der Waals surface area contributed by atoms with E-state index < -0.39 is 16.0 Å². The Hall–Kier alpha value is -2.64. The Morgan fingerprint density at radius 1 is 1.15 bits per heavy atom. The molecule has 2 aromatic carbocycles. The van der Waals surface area contributed by atoms with Crippen molar-refractivity contribution in [2.45, 2.75) is 25.3 Å². The van der Waals surface area contributed by atoms with Crippen molar-refractivity contribution in [1.29, 1.82) is 0 Å². The molecule has 1 N–H and O–H groups in total. The molecular weight excluding hydrogens is 366 g/mol. The quantitative estimate of drug-likeness (QED) is 0.582. The number of methoxy groups -OCH3 is 1. The fourth-order valence-corrected chi connectivity index (χ4v) is 3.36. The summed E-state index contributed by atoms with van der Waals surface area (Å²) in [6.45, 7) is 4.11. The third-order valence-corrected chi connectivity index (χ3v) is 5.47. The van der Waals surface area contributed by atoms with Crippen LogP contribution in [0.1, 0.15) is 22.3 Å². The number of benzene rings is 2. The van der Waals surface area contributed by atoms with Crippen LogP contribution in [-0.2, 0) is 26.2 Å². The van der Waals surface area contributed by atoms with Crippen LogP contribution in [0.15, 0.2) is 47.4 Å². The van der Waals surface area contributed by atoms with E-state index in [1.165, 1.54) is 38.4 Å². The summed E-state index contributed by atoms with van der Waals surface area (Å²) in [6.07, 6.45) is 2.77. The molecular formula is C20H23NO5S. The Bertz CT molecular complexity index is 964. The van der Waals surface area contributed by atoms with Crippen molar-refractivity contribution < 1.29 is 22.7 Å². The van der Waals surface area contributed by atoms with E-state index in [2.05, 4.69) is 4.72 Å². The fourth-order valence-electron chi connectivity index (χ4n) is 2.43. The fraction of sp³-hybridized carbons (Fsp3) is 0.250. The third-order valence-electron chi connectivity index (χ3n) is 4.03. The van der Waals surface area contributed by atoms with Gasteiger partial charge in [0.1, 0.15) is 17.3 Å². The second-order valence-corrected chi connectivity index (χ2v) is 7.84. The minimum atomic E-state index is -3.68. The summed E-state index contributed by atoms with van der Waals surface area (Å²) >= 11 is 0. The van der Waals surface area contributed by atoms with Crippen LogP contribution in [0.2, 0.25) is 0 Å². The zero-order valence-electron chi connectivity index (χ0n) is 15.8. The van der Waals surface area contributed by atoms with Gasteiger partial charge in [-0.3, -0.25) is 0 Å². The predicted octanol–water partition coefficient (Wildman–Crippen LogP) is 2.98. The van der Waals surface area contributed by atoms with Gasteiger partial charge in [0.05, 0.1) is 7.11 Å². The molecule has 0 aliphatic rings. The van der Waals surface area contributed by atoms with Gasteiger partial charge in [-0.05, 0) is 55.8 Å². The van der Waals surface area contributed by atoms with Crippen LogP contribution in [0.25, 0.3) is 6.08 Å². The SMILES string of the molecule is CNS(=O)(=O)c1cc(/C=C/C(=O)OCc2cc(C)ccc2C)ccc1OC. The van der Waals surface area contributed by atoms with Crippen LogP contribution < -0.4 is 9.46 Å². The summed E-state index contributed by atoms with van der Waals surface area (Å²) in [5, 5.41) is 0. The highest BCUT2D eigenvalue weighted by atomic mass is 32.2. The first-order valence-corrected chi connectivity index (χ1v) is 9.77. The van der Waals surface area contributed by atoms with E-state index in [1.807, 2.05) is 32.0 Å². The number of hydrogen-bond donors (Lipinski definition) is 1. The van der Waals surface area contributed by atoms with E-state index in [0.29, 0.717) is 5.56 Å². The van der Waals surface area contributed by atoms with Crippen LogP contribution in [0.4, 0.5) is 0 Å². The van der Waals surface area contributed by atoms with E-state index in [4.69, 9.17) is 9.47 Å². The Labute approximate surface area is 159 Å². The molecule has 0 fully saturated rings. The monoisotopic (exact) mass is 389 g/mol. The van der Waals surface area contributed by atoms with Gasteiger partial charge in [0.2, 0.25) is 10.0 Å². The van der Waals surface area contributed by atoms with Crippen LogP contribution in [0, 0.1) is 13.8 Å². The summed E-state index contributed by atoms with van der Waals surface area (Å²) in [7, 11) is -0.968. The molecule has 6 nitrogen and oxygen atoms in total. The van der Waals surface area contributed by atoms with Gasteiger partial charge in [0.15, 0.2) is 0 Å². The van der Waals surface area contributed by atoms with Gasteiger partial charge in [-0.15, -0.1) is 0 Å². The average molecular weight is 389 g/mol. The summed E-state index contributed by atoms with van der Waals surface area (Å²) in [5.41, 5.74) is 3.63. The van der Waals surface area contributed by atoms with Gasteiger partial charge in [-0.25, -0.2) is 17.9 Å². The van der Waals surface area contributed by atoms with Gasteiger partial charge in [0, 0.05) is 6.08 Å². The zero-order chi connectivity index (χ0) is 20.0. The second-order valence-electron chi connectivity index (χ2n) is 5.99. The maximum absolute atomic E-state index is 12.1. The lowest BCUT2D eigenvalue weighted by Crippen LogP contribution is -2.19. The largest absolute Gasteiger partial charge is 0.495 e. The minimum absolute atomic E-state index is 0.00148. The molecule has 7 heteroatoms. The lowest BCUT2D eigenvalue weighted by atomic mass is 10.1. The van der Waals surface area contributed by atoms with E-state index in [0.717, 1.165) is 16.7 Å². The van der Waals surface area contributed by atoms with Crippen molar-refractivity contribution in [2.24, 2.45) is 0 Å². The summed E-state index contributed by atoms with van der Waals surface area (Å²) in [4.78, 5) is 12.0. The molecule has 0 saturated heterocycles. The van der Waals surface area contributed by atoms with Gasteiger partial charge in [-0.2, -0.15) is 0 Å². The van der Waals surface area contributed by atoms with E-state index in [9.17, 15) is 13.2 Å². The van der Waals surface area contributed by atoms with Crippen molar-refractivity contribution in [3.8, 4) is 5.75 Å². The maximum Gasteiger partial charge on any atom is 0.331 e. The summed E-state index contributed by atoms with van der Waals surface area (Å²) in [5.74, 6) is -0.288. The number of aryl methyl sites for hydroxylation is 2. The Balaban J connectivity index is 2.12. The normalized spacial score (nSPS) is 11.6. The molecule has 0 aromatic heterocycles. The van der Waals surface area contributed by atoms with E-state index in [-0.39, 0.29) is 17.3 Å². The van der Waals surface area contributed by atoms with Crippen molar-refractivity contribution in [3.05, 3.63) is 64.7 Å². The molecule has 0 aliphatic heterocycles. The van der Waals surface area contributed by atoms with Crippen molar-refractivity contribution >= 4 is 22.1 Å². The van der Waals surface area contributed by atoms with Crippen LogP contribution >= 0.6 is 0 Å². The number of carbonyl (C=O) groups is 1. The number of carbonyl (C=O) groups excluding carboxylic acids is 1. The van der Waals surface area contributed by atoms with Gasteiger partial charge in [-0.1, -0.05) is 29.8 Å². The highest BCUT2D eigenvalue weighted by molar-refractivity contribution is 7.89. The molecule has 0 saturated carbocycles.